The Balaban J connectivity index is 2.25. The molecule has 0 bridgehead atoms. The number of carbonyl (C=O) groups excluding carboxylic acids is 1. The zero-order valence-electron chi connectivity index (χ0n) is 9.58. The van der Waals surface area contributed by atoms with Gasteiger partial charge < -0.3 is 0 Å². The van der Waals surface area contributed by atoms with Gasteiger partial charge in [0.1, 0.15) is 4.90 Å². The fourth-order valence-electron chi connectivity index (χ4n) is 2.03. The molecule has 2 aromatic rings. The van der Waals surface area contributed by atoms with E-state index in [4.69, 9.17) is 0 Å². The summed E-state index contributed by atoms with van der Waals surface area (Å²) in [6.07, 6.45) is 0. The molecule has 0 radical (unpaired) electrons. The van der Waals surface area contributed by atoms with E-state index in [0.717, 1.165) is 4.31 Å². The normalized spacial score (nSPS) is 16.5. The number of sulfonamides is 1. The number of fused-ring (bicyclic) bond motifs is 1. The van der Waals surface area contributed by atoms with Gasteiger partial charge in [-0.25, -0.2) is 8.42 Å². The minimum atomic E-state index is -3.80. The highest BCUT2D eigenvalue weighted by molar-refractivity contribution is 9.10. The monoisotopic (exact) mass is 337 g/mol. The third kappa shape index (κ3) is 1.79. The maximum atomic E-state index is 12.4. The van der Waals surface area contributed by atoms with Gasteiger partial charge in [-0.1, -0.05) is 34.1 Å². The number of para-hydroxylation sites is 1. The second-order valence-corrected chi connectivity index (χ2v) is 6.72. The average molecular weight is 338 g/mol. The second-order valence-electron chi connectivity index (χ2n) is 4.05. The van der Waals surface area contributed by atoms with Gasteiger partial charge in [-0.3, -0.25) is 4.79 Å². The molecule has 0 spiro atoms. The Hall–Kier alpha value is -1.66. The largest absolute Gasteiger partial charge is 0.273 e. The van der Waals surface area contributed by atoms with Crippen LogP contribution in [0.25, 0.3) is 0 Å². The Morgan fingerprint density at radius 3 is 2.37 bits per heavy atom. The van der Waals surface area contributed by atoms with E-state index in [0.29, 0.717) is 10.2 Å². The van der Waals surface area contributed by atoms with Crippen LogP contribution in [0.1, 0.15) is 10.4 Å². The first-order chi connectivity index (χ1) is 9.01. The summed E-state index contributed by atoms with van der Waals surface area (Å²) in [7, 11) is -3.80. The van der Waals surface area contributed by atoms with Gasteiger partial charge in [-0.15, -0.1) is 0 Å². The second kappa shape index (κ2) is 4.18. The Morgan fingerprint density at radius 2 is 1.68 bits per heavy atom. The molecule has 0 aliphatic carbocycles. The molecule has 2 aromatic carbocycles. The van der Waals surface area contributed by atoms with Crippen molar-refractivity contribution >= 4 is 37.5 Å². The molecular formula is C13H8BrNO3S. The smallest absolute Gasteiger partial charge is 0.268 e. The number of carbonyl (C=O) groups is 1. The van der Waals surface area contributed by atoms with Crippen molar-refractivity contribution in [3.05, 3.63) is 58.6 Å². The molecule has 19 heavy (non-hydrogen) atoms. The first-order valence-corrected chi connectivity index (χ1v) is 7.69. The number of hydrogen-bond acceptors (Lipinski definition) is 3. The van der Waals surface area contributed by atoms with E-state index in [1.54, 1.807) is 36.4 Å². The molecule has 0 saturated carbocycles. The molecule has 6 heteroatoms. The van der Waals surface area contributed by atoms with Crippen LogP contribution in [0.4, 0.5) is 5.69 Å². The van der Waals surface area contributed by atoms with Crippen molar-refractivity contribution in [1.29, 1.82) is 0 Å². The lowest BCUT2D eigenvalue weighted by atomic mass is 10.2. The SMILES string of the molecule is O=C1c2cc(Br)ccc2S(=O)(=O)N1c1ccccc1. The summed E-state index contributed by atoms with van der Waals surface area (Å²) in [5, 5.41) is 0. The highest BCUT2D eigenvalue weighted by Crippen LogP contribution is 2.35. The van der Waals surface area contributed by atoms with Crippen molar-refractivity contribution in [2.75, 3.05) is 4.31 Å². The average Bonchev–Trinajstić information content (AvgIpc) is 2.58. The minimum absolute atomic E-state index is 0.0459. The molecule has 0 unspecified atom stereocenters. The van der Waals surface area contributed by atoms with Crippen molar-refractivity contribution < 1.29 is 13.2 Å². The molecule has 3 rings (SSSR count). The minimum Gasteiger partial charge on any atom is -0.268 e. The van der Waals surface area contributed by atoms with Crippen molar-refractivity contribution in [1.82, 2.24) is 0 Å². The van der Waals surface area contributed by atoms with Gasteiger partial charge in [0.05, 0.1) is 11.3 Å². The van der Waals surface area contributed by atoms with Crippen LogP contribution in [-0.4, -0.2) is 14.3 Å². The first kappa shape index (κ1) is 12.4. The van der Waals surface area contributed by atoms with Crippen LogP contribution in [0.2, 0.25) is 0 Å². The number of halogens is 1. The number of hydrogen-bond donors (Lipinski definition) is 0. The fraction of sp³-hybridized carbons (Fsp3) is 0. The van der Waals surface area contributed by atoms with Crippen LogP contribution < -0.4 is 4.31 Å². The summed E-state index contributed by atoms with van der Waals surface area (Å²) in [5.74, 6) is -0.525. The van der Waals surface area contributed by atoms with Crippen molar-refractivity contribution in [3.63, 3.8) is 0 Å². The maximum Gasteiger partial charge on any atom is 0.273 e. The fourth-order valence-corrected chi connectivity index (χ4v) is 3.97. The number of amides is 1. The lowest BCUT2D eigenvalue weighted by molar-refractivity contribution is 0.101. The molecule has 0 atom stereocenters. The zero-order chi connectivity index (χ0) is 13.6. The molecule has 1 heterocycles. The summed E-state index contributed by atoms with van der Waals surface area (Å²) in [4.78, 5) is 12.3. The highest BCUT2D eigenvalue weighted by atomic mass is 79.9. The maximum absolute atomic E-state index is 12.4. The lowest BCUT2D eigenvalue weighted by Crippen LogP contribution is -2.29. The van der Waals surface area contributed by atoms with Crippen LogP contribution in [0.3, 0.4) is 0 Å². The Morgan fingerprint density at radius 1 is 1.00 bits per heavy atom. The van der Waals surface area contributed by atoms with Crippen LogP contribution in [0.5, 0.6) is 0 Å². The van der Waals surface area contributed by atoms with E-state index in [1.807, 2.05) is 0 Å². The van der Waals surface area contributed by atoms with Gasteiger partial charge in [0.2, 0.25) is 0 Å². The van der Waals surface area contributed by atoms with Crippen LogP contribution in [-0.2, 0) is 10.0 Å². The zero-order valence-corrected chi connectivity index (χ0v) is 12.0. The van der Waals surface area contributed by atoms with Crippen molar-refractivity contribution in [2.24, 2.45) is 0 Å². The summed E-state index contributed by atoms with van der Waals surface area (Å²) >= 11 is 3.24. The Bertz CT molecular complexity index is 772. The number of benzene rings is 2. The quantitative estimate of drug-likeness (QED) is 0.803. The van der Waals surface area contributed by atoms with E-state index in [9.17, 15) is 13.2 Å². The molecule has 0 N–H and O–H groups in total. The van der Waals surface area contributed by atoms with E-state index >= 15 is 0 Å². The van der Waals surface area contributed by atoms with Crippen LogP contribution in [0, 0.1) is 0 Å². The molecule has 96 valence electrons. The van der Waals surface area contributed by atoms with Crippen LogP contribution in [0.15, 0.2) is 57.9 Å². The summed E-state index contributed by atoms with van der Waals surface area (Å²) in [6.45, 7) is 0. The van der Waals surface area contributed by atoms with Gasteiger partial charge in [-0.2, -0.15) is 4.31 Å². The summed E-state index contributed by atoms with van der Waals surface area (Å²) < 4.78 is 26.3. The van der Waals surface area contributed by atoms with Crippen molar-refractivity contribution in [2.45, 2.75) is 4.90 Å². The summed E-state index contributed by atoms with van der Waals surface area (Å²) in [6, 6.07) is 12.9. The molecule has 0 fully saturated rings. The standard InChI is InChI=1S/C13H8BrNO3S/c14-9-6-7-12-11(8-9)13(16)15(19(12,17)18)10-4-2-1-3-5-10/h1-8H. The predicted molar refractivity (Wildman–Crippen MR) is 74.6 cm³/mol. The van der Waals surface area contributed by atoms with Gasteiger partial charge in [0.25, 0.3) is 15.9 Å². The number of rotatable bonds is 1. The van der Waals surface area contributed by atoms with Crippen LogP contribution >= 0.6 is 15.9 Å². The van der Waals surface area contributed by atoms with E-state index in [-0.39, 0.29) is 10.5 Å². The molecule has 1 aliphatic rings. The number of anilines is 1. The van der Waals surface area contributed by atoms with Gasteiger partial charge in [-0.05, 0) is 30.3 Å². The topological polar surface area (TPSA) is 54.5 Å². The number of nitrogens with zero attached hydrogens (tertiary/aromatic N) is 1. The van der Waals surface area contributed by atoms with E-state index in [2.05, 4.69) is 15.9 Å². The van der Waals surface area contributed by atoms with Gasteiger partial charge >= 0.3 is 0 Å². The molecule has 1 aliphatic heterocycles. The molecular weight excluding hydrogens is 330 g/mol. The van der Waals surface area contributed by atoms with E-state index < -0.39 is 15.9 Å². The Kier molecular flexibility index (Phi) is 2.72. The molecule has 0 aromatic heterocycles. The summed E-state index contributed by atoms with van der Waals surface area (Å²) in [5.41, 5.74) is 0.540. The van der Waals surface area contributed by atoms with Crippen molar-refractivity contribution in [3.8, 4) is 0 Å². The highest BCUT2D eigenvalue weighted by Gasteiger charge is 2.42. The third-order valence-electron chi connectivity index (χ3n) is 2.87. The molecule has 1 amide bonds. The third-order valence-corrected chi connectivity index (χ3v) is 5.13. The lowest BCUT2D eigenvalue weighted by Gasteiger charge is -2.14. The molecule has 4 nitrogen and oxygen atoms in total. The van der Waals surface area contributed by atoms with Gasteiger partial charge in [0.15, 0.2) is 0 Å². The van der Waals surface area contributed by atoms with Gasteiger partial charge in [0, 0.05) is 4.47 Å². The Labute approximate surface area is 118 Å². The first-order valence-electron chi connectivity index (χ1n) is 5.46. The molecule has 0 saturated heterocycles. The predicted octanol–water partition coefficient (Wildman–Crippen LogP) is 2.80. The van der Waals surface area contributed by atoms with E-state index in [1.165, 1.54) is 12.1 Å².